The normalized spacial score (nSPS) is 13.1. The summed E-state index contributed by atoms with van der Waals surface area (Å²) in [4.78, 5) is 12.6. The third kappa shape index (κ3) is 3.03. The molecule has 0 unspecified atom stereocenters. The second-order valence-electron chi connectivity index (χ2n) is 4.46. The van der Waals surface area contributed by atoms with Gasteiger partial charge in [0.05, 0.1) is 0 Å². The fourth-order valence-electron chi connectivity index (χ4n) is 2.08. The summed E-state index contributed by atoms with van der Waals surface area (Å²) in [5.74, 6) is 0.984. The quantitative estimate of drug-likeness (QED) is 0.697. The first-order valence-electron chi connectivity index (χ1n) is 6.14. The average molecular weight is 388 g/mol. The van der Waals surface area contributed by atoms with Crippen LogP contribution in [0.15, 0.2) is 34.8 Å². The number of carbonyl (C=O) groups excluding carboxylic acids is 1. The van der Waals surface area contributed by atoms with Gasteiger partial charge in [0.15, 0.2) is 17.3 Å². The fourth-order valence-corrected chi connectivity index (χ4v) is 3.11. The Balaban J connectivity index is 2.05. The topological polar surface area (TPSA) is 35.5 Å². The van der Waals surface area contributed by atoms with E-state index in [1.165, 1.54) is 0 Å². The van der Waals surface area contributed by atoms with E-state index in [0.29, 0.717) is 50.4 Å². The molecule has 0 N–H and O–H groups in total. The van der Waals surface area contributed by atoms with Crippen molar-refractivity contribution in [2.24, 2.45) is 0 Å². The minimum Gasteiger partial charge on any atom is -0.486 e. The van der Waals surface area contributed by atoms with Crippen molar-refractivity contribution in [3.05, 3.63) is 56.0 Å². The monoisotopic (exact) mass is 386 g/mol. The lowest BCUT2D eigenvalue weighted by Crippen LogP contribution is -2.16. The lowest BCUT2D eigenvalue weighted by atomic mass is 10.0. The van der Waals surface area contributed by atoms with E-state index in [0.717, 1.165) is 0 Å². The summed E-state index contributed by atoms with van der Waals surface area (Å²) in [5, 5.41) is 0.832. The largest absolute Gasteiger partial charge is 0.486 e. The van der Waals surface area contributed by atoms with Crippen LogP contribution < -0.4 is 9.47 Å². The minimum absolute atomic E-state index is 0.191. The standard InChI is InChI=1S/C15H9BrCl2O3/c16-12-7-14-13(20-1-2-21-14)6-11(12)15(19)8-3-9(17)5-10(18)4-8/h3-7H,1-2H2. The third-order valence-corrected chi connectivity index (χ3v) is 4.09. The van der Waals surface area contributed by atoms with E-state index in [2.05, 4.69) is 15.9 Å². The van der Waals surface area contributed by atoms with Gasteiger partial charge in [-0.1, -0.05) is 23.2 Å². The molecule has 0 radical (unpaired) electrons. The van der Waals surface area contributed by atoms with Gasteiger partial charge in [0, 0.05) is 25.6 Å². The molecule has 0 aromatic heterocycles. The van der Waals surface area contributed by atoms with Crippen LogP contribution in [0.4, 0.5) is 0 Å². The number of fused-ring (bicyclic) bond motifs is 1. The summed E-state index contributed by atoms with van der Waals surface area (Å²) in [6.07, 6.45) is 0. The van der Waals surface area contributed by atoms with Crippen molar-refractivity contribution in [3.8, 4) is 11.5 Å². The third-order valence-electron chi connectivity index (χ3n) is 3.00. The summed E-state index contributed by atoms with van der Waals surface area (Å²) in [6.45, 7) is 0.960. The maximum absolute atomic E-state index is 12.6. The zero-order valence-corrected chi connectivity index (χ0v) is 13.8. The van der Waals surface area contributed by atoms with Crippen molar-refractivity contribution in [3.63, 3.8) is 0 Å². The number of hydrogen-bond acceptors (Lipinski definition) is 3. The lowest BCUT2D eigenvalue weighted by Gasteiger charge is -2.19. The molecule has 6 heteroatoms. The van der Waals surface area contributed by atoms with Crippen molar-refractivity contribution in [1.82, 2.24) is 0 Å². The average Bonchev–Trinajstić information content (AvgIpc) is 2.44. The molecule has 2 aromatic rings. The highest BCUT2D eigenvalue weighted by Crippen LogP contribution is 2.36. The fraction of sp³-hybridized carbons (Fsp3) is 0.133. The first kappa shape index (κ1) is 14.7. The van der Waals surface area contributed by atoms with Gasteiger partial charge in [0.1, 0.15) is 13.2 Å². The van der Waals surface area contributed by atoms with E-state index >= 15 is 0 Å². The molecule has 0 bridgehead atoms. The highest BCUT2D eigenvalue weighted by molar-refractivity contribution is 9.10. The minimum atomic E-state index is -0.191. The number of rotatable bonds is 2. The zero-order valence-electron chi connectivity index (χ0n) is 10.7. The SMILES string of the molecule is O=C(c1cc(Cl)cc(Cl)c1)c1cc2c(cc1Br)OCCO2. The molecule has 0 aliphatic carbocycles. The molecular weight excluding hydrogens is 379 g/mol. The number of benzene rings is 2. The zero-order chi connectivity index (χ0) is 15.0. The van der Waals surface area contributed by atoms with E-state index in [4.69, 9.17) is 32.7 Å². The smallest absolute Gasteiger partial charge is 0.194 e. The van der Waals surface area contributed by atoms with Crippen molar-refractivity contribution in [2.45, 2.75) is 0 Å². The van der Waals surface area contributed by atoms with Gasteiger partial charge in [-0.05, 0) is 46.3 Å². The second kappa shape index (κ2) is 5.87. The summed E-state index contributed by atoms with van der Waals surface area (Å²) in [7, 11) is 0. The molecule has 2 aromatic carbocycles. The van der Waals surface area contributed by atoms with Gasteiger partial charge in [-0.15, -0.1) is 0 Å². The Hall–Kier alpha value is -1.23. The van der Waals surface area contributed by atoms with Crippen LogP contribution in [-0.2, 0) is 0 Å². The highest BCUT2D eigenvalue weighted by atomic mass is 79.9. The lowest BCUT2D eigenvalue weighted by molar-refractivity contribution is 0.103. The Labute approximate surface area is 139 Å². The molecule has 0 spiro atoms. The van der Waals surface area contributed by atoms with Crippen LogP contribution >= 0.6 is 39.1 Å². The Bertz CT molecular complexity index is 711. The number of ketones is 1. The van der Waals surface area contributed by atoms with Crippen molar-refractivity contribution in [2.75, 3.05) is 13.2 Å². The molecule has 1 heterocycles. The molecule has 0 fully saturated rings. The predicted molar refractivity (Wildman–Crippen MR) is 85.0 cm³/mol. The van der Waals surface area contributed by atoms with Gasteiger partial charge in [0.2, 0.25) is 0 Å². The van der Waals surface area contributed by atoms with Crippen molar-refractivity contribution < 1.29 is 14.3 Å². The summed E-state index contributed by atoms with van der Waals surface area (Å²) < 4.78 is 11.6. The van der Waals surface area contributed by atoms with Crippen LogP contribution in [0.5, 0.6) is 11.5 Å². The number of hydrogen-bond donors (Lipinski definition) is 0. The molecule has 1 aliphatic rings. The first-order chi connectivity index (χ1) is 10.0. The van der Waals surface area contributed by atoms with Crippen molar-refractivity contribution in [1.29, 1.82) is 0 Å². The van der Waals surface area contributed by atoms with Gasteiger partial charge in [0.25, 0.3) is 0 Å². The molecule has 1 aliphatic heterocycles. The Morgan fingerprint density at radius 1 is 0.952 bits per heavy atom. The van der Waals surface area contributed by atoms with Gasteiger partial charge < -0.3 is 9.47 Å². The number of halogens is 3. The maximum atomic E-state index is 12.6. The molecule has 3 rings (SSSR count). The van der Waals surface area contributed by atoms with Crippen LogP contribution in [0.1, 0.15) is 15.9 Å². The van der Waals surface area contributed by atoms with Gasteiger partial charge >= 0.3 is 0 Å². The number of carbonyl (C=O) groups is 1. The molecule has 0 atom stereocenters. The molecule has 3 nitrogen and oxygen atoms in total. The van der Waals surface area contributed by atoms with Crippen LogP contribution in [0.3, 0.4) is 0 Å². The van der Waals surface area contributed by atoms with Crippen LogP contribution in [-0.4, -0.2) is 19.0 Å². The molecule has 0 saturated carbocycles. The first-order valence-corrected chi connectivity index (χ1v) is 7.69. The number of ether oxygens (including phenoxy) is 2. The summed E-state index contributed by atoms with van der Waals surface area (Å²) in [5.41, 5.74) is 0.891. The molecular formula is C15H9BrCl2O3. The summed E-state index contributed by atoms with van der Waals surface area (Å²) >= 11 is 15.3. The summed E-state index contributed by atoms with van der Waals surface area (Å²) in [6, 6.07) is 8.14. The van der Waals surface area contributed by atoms with Crippen LogP contribution in [0.25, 0.3) is 0 Å². The Morgan fingerprint density at radius 3 is 2.14 bits per heavy atom. The van der Waals surface area contributed by atoms with Crippen LogP contribution in [0, 0.1) is 0 Å². The van der Waals surface area contributed by atoms with E-state index in [-0.39, 0.29) is 5.78 Å². The van der Waals surface area contributed by atoms with Gasteiger partial charge in [-0.2, -0.15) is 0 Å². The maximum Gasteiger partial charge on any atom is 0.194 e. The molecule has 0 amide bonds. The van der Waals surface area contributed by atoms with Gasteiger partial charge in [-0.3, -0.25) is 4.79 Å². The van der Waals surface area contributed by atoms with E-state index in [9.17, 15) is 4.79 Å². The highest BCUT2D eigenvalue weighted by Gasteiger charge is 2.20. The van der Waals surface area contributed by atoms with E-state index < -0.39 is 0 Å². The molecule has 0 saturated heterocycles. The van der Waals surface area contributed by atoms with E-state index in [1.807, 2.05) is 0 Å². The Kier molecular flexibility index (Phi) is 4.11. The second-order valence-corrected chi connectivity index (χ2v) is 6.19. The van der Waals surface area contributed by atoms with Crippen LogP contribution in [0.2, 0.25) is 10.0 Å². The Morgan fingerprint density at radius 2 is 1.52 bits per heavy atom. The van der Waals surface area contributed by atoms with Gasteiger partial charge in [-0.25, -0.2) is 0 Å². The predicted octanol–water partition coefficient (Wildman–Crippen LogP) is 4.76. The molecule has 21 heavy (non-hydrogen) atoms. The van der Waals surface area contributed by atoms with Crippen molar-refractivity contribution >= 4 is 44.9 Å². The van der Waals surface area contributed by atoms with E-state index in [1.54, 1.807) is 30.3 Å². The molecule has 108 valence electrons.